The lowest BCUT2D eigenvalue weighted by Gasteiger charge is -2.02. The normalized spacial score (nSPS) is 11.5. The number of aromatic nitrogens is 1. The molecule has 2 aromatic carbocycles. The van der Waals surface area contributed by atoms with Crippen LogP contribution in [0.3, 0.4) is 0 Å². The van der Waals surface area contributed by atoms with Crippen molar-refractivity contribution in [1.82, 2.24) is 4.40 Å². The summed E-state index contributed by atoms with van der Waals surface area (Å²) in [7, 11) is -1.50. The number of nitrogens with zero attached hydrogens (tertiary/aromatic N) is 1. The number of fused-ring (bicyclic) bond motifs is 3. The van der Waals surface area contributed by atoms with Crippen molar-refractivity contribution in [3.05, 3.63) is 60.8 Å². The molecule has 22 heavy (non-hydrogen) atoms. The maximum absolute atomic E-state index is 9.60. The van der Waals surface area contributed by atoms with Gasteiger partial charge in [-0.2, -0.15) is 0 Å². The Hall–Kier alpha value is -2.56. The van der Waals surface area contributed by atoms with Crippen LogP contribution in [0.4, 0.5) is 0 Å². The fraction of sp³-hybridized carbons (Fsp3) is 0. The van der Waals surface area contributed by atoms with Gasteiger partial charge in [-0.3, -0.25) is 0 Å². The molecule has 0 radical (unpaired) electrons. The second-order valence-corrected chi connectivity index (χ2v) is 5.40. The van der Waals surface area contributed by atoms with Gasteiger partial charge < -0.3 is 14.4 Å². The number of benzene rings is 2. The topological polar surface area (TPSA) is 44.9 Å². The molecule has 3 nitrogen and oxygen atoms in total. The molecular formula is C18H14BNO2. The summed E-state index contributed by atoms with van der Waals surface area (Å²) in [5.74, 6) is 0. The summed E-state index contributed by atoms with van der Waals surface area (Å²) in [5.41, 5.74) is 4.56. The van der Waals surface area contributed by atoms with Crippen LogP contribution in [0.25, 0.3) is 39.3 Å². The minimum absolute atomic E-state index is 0.482. The third-order valence-corrected chi connectivity index (χ3v) is 4.29. The van der Waals surface area contributed by atoms with Crippen molar-refractivity contribution >= 4 is 51.9 Å². The molecule has 0 aliphatic rings. The zero-order valence-electron chi connectivity index (χ0n) is 12.0. The largest absolute Gasteiger partial charge is 0.488 e. The Morgan fingerprint density at radius 2 is 1.68 bits per heavy atom. The van der Waals surface area contributed by atoms with Crippen molar-refractivity contribution < 1.29 is 10.0 Å². The monoisotopic (exact) mass is 287 g/mol. The second-order valence-electron chi connectivity index (χ2n) is 5.40. The fourth-order valence-corrected chi connectivity index (χ4v) is 3.40. The predicted octanol–water partition coefficient (Wildman–Crippen LogP) is 2.65. The smallest absolute Gasteiger partial charge is 0.423 e. The standard InChI is InChI=1S/C18H14BNO2/c1-3-12-14-9-11(19(21)22)10-15-13-7-5-6-8-17(13)20(18(14)15)16(12)4-2/h3-10,21-22H,1-2H2. The summed E-state index contributed by atoms with van der Waals surface area (Å²) in [5, 5.41) is 22.3. The van der Waals surface area contributed by atoms with Crippen molar-refractivity contribution in [3.63, 3.8) is 0 Å². The van der Waals surface area contributed by atoms with Crippen LogP contribution >= 0.6 is 0 Å². The molecule has 0 saturated heterocycles. The lowest BCUT2D eigenvalue weighted by Crippen LogP contribution is -2.29. The van der Waals surface area contributed by atoms with Gasteiger partial charge in [0.15, 0.2) is 0 Å². The van der Waals surface area contributed by atoms with Gasteiger partial charge in [-0.25, -0.2) is 0 Å². The first kappa shape index (κ1) is 13.1. The van der Waals surface area contributed by atoms with E-state index >= 15 is 0 Å². The zero-order valence-corrected chi connectivity index (χ0v) is 12.0. The van der Waals surface area contributed by atoms with E-state index in [9.17, 15) is 10.0 Å². The average Bonchev–Trinajstić information content (AvgIpc) is 3.03. The van der Waals surface area contributed by atoms with Crippen LogP contribution in [-0.2, 0) is 0 Å². The highest BCUT2D eigenvalue weighted by Gasteiger charge is 2.22. The maximum Gasteiger partial charge on any atom is 0.488 e. The van der Waals surface area contributed by atoms with Gasteiger partial charge in [0.05, 0.1) is 16.7 Å². The summed E-state index contributed by atoms with van der Waals surface area (Å²) in [6.07, 6.45) is 3.61. The third-order valence-electron chi connectivity index (χ3n) is 4.29. The molecule has 0 saturated carbocycles. The fourth-order valence-electron chi connectivity index (χ4n) is 3.40. The maximum atomic E-state index is 9.60. The van der Waals surface area contributed by atoms with Crippen molar-refractivity contribution in [2.24, 2.45) is 0 Å². The van der Waals surface area contributed by atoms with E-state index in [1.54, 1.807) is 6.08 Å². The molecule has 0 spiro atoms. The molecule has 106 valence electrons. The van der Waals surface area contributed by atoms with E-state index in [2.05, 4.69) is 23.6 Å². The third kappa shape index (κ3) is 1.48. The minimum atomic E-state index is -1.50. The summed E-state index contributed by atoms with van der Waals surface area (Å²) in [6, 6.07) is 11.7. The van der Waals surface area contributed by atoms with E-state index in [-0.39, 0.29) is 0 Å². The van der Waals surface area contributed by atoms with Crippen LogP contribution < -0.4 is 5.46 Å². The number of rotatable bonds is 3. The first-order chi connectivity index (χ1) is 10.7. The number of hydrogen-bond donors (Lipinski definition) is 2. The van der Waals surface area contributed by atoms with Gasteiger partial charge in [-0.05, 0) is 17.6 Å². The Morgan fingerprint density at radius 1 is 0.955 bits per heavy atom. The van der Waals surface area contributed by atoms with Gasteiger partial charge in [0, 0.05) is 21.7 Å². The van der Waals surface area contributed by atoms with Crippen molar-refractivity contribution in [1.29, 1.82) is 0 Å². The van der Waals surface area contributed by atoms with Crippen LogP contribution in [0.15, 0.2) is 49.6 Å². The Balaban J connectivity index is 2.38. The van der Waals surface area contributed by atoms with Gasteiger partial charge in [0.25, 0.3) is 0 Å². The number of hydrogen-bond acceptors (Lipinski definition) is 2. The molecule has 2 N–H and O–H groups in total. The first-order valence-electron chi connectivity index (χ1n) is 7.10. The first-order valence-corrected chi connectivity index (χ1v) is 7.10. The summed E-state index contributed by atoms with van der Waals surface area (Å²) in [4.78, 5) is 0. The number of para-hydroxylation sites is 1. The lowest BCUT2D eigenvalue weighted by atomic mass is 9.79. The van der Waals surface area contributed by atoms with Gasteiger partial charge in [0.2, 0.25) is 0 Å². The minimum Gasteiger partial charge on any atom is -0.423 e. The molecule has 0 aliphatic heterocycles. The second kappa shape index (κ2) is 4.47. The summed E-state index contributed by atoms with van der Waals surface area (Å²) < 4.78 is 2.16. The van der Waals surface area contributed by atoms with Crippen LogP contribution in [0, 0.1) is 0 Å². The zero-order chi connectivity index (χ0) is 15.4. The van der Waals surface area contributed by atoms with Crippen molar-refractivity contribution in [3.8, 4) is 0 Å². The molecule has 0 aliphatic carbocycles. The van der Waals surface area contributed by atoms with E-state index in [0.29, 0.717) is 5.46 Å². The molecule has 2 aromatic heterocycles. The molecule has 4 rings (SSSR count). The van der Waals surface area contributed by atoms with Crippen molar-refractivity contribution in [2.45, 2.75) is 0 Å². The molecule has 0 bridgehead atoms. The molecule has 0 unspecified atom stereocenters. The molecule has 0 atom stereocenters. The lowest BCUT2D eigenvalue weighted by molar-refractivity contribution is 0.426. The highest BCUT2D eigenvalue weighted by atomic mass is 16.4. The summed E-state index contributed by atoms with van der Waals surface area (Å²) >= 11 is 0. The van der Waals surface area contributed by atoms with E-state index in [1.807, 2.05) is 36.4 Å². The van der Waals surface area contributed by atoms with Gasteiger partial charge in [-0.1, -0.05) is 49.6 Å². The average molecular weight is 287 g/mol. The molecule has 0 fully saturated rings. The van der Waals surface area contributed by atoms with Gasteiger partial charge in [0.1, 0.15) is 0 Å². The Morgan fingerprint density at radius 3 is 2.36 bits per heavy atom. The quantitative estimate of drug-likeness (QED) is 0.569. The van der Waals surface area contributed by atoms with Crippen LogP contribution in [0.1, 0.15) is 11.3 Å². The van der Waals surface area contributed by atoms with E-state index in [4.69, 9.17) is 0 Å². The van der Waals surface area contributed by atoms with Crippen LogP contribution in [0.5, 0.6) is 0 Å². The van der Waals surface area contributed by atoms with Gasteiger partial charge in [-0.15, -0.1) is 0 Å². The summed E-state index contributed by atoms with van der Waals surface area (Å²) in [6.45, 7) is 7.83. The van der Waals surface area contributed by atoms with Crippen LogP contribution in [-0.4, -0.2) is 21.6 Å². The predicted molar refractivity (Wildman–Crippen MR) is 93.6 cm³/mol. The van der Waals surface area contributed by atoms with E-state index in [1.165, 1.54) is 0 Å². The Labute approximate surface area is 127 Å². The Kier molecular flexibility index (Phi) is 2.67. The van der Waals surface area contributed by atoms with Crippen molar-refractivity contribution in [2.75, 3.05) is 0 Å². The molecule has 4 aromatic rings. The van der Waals surface area contributed by atoms with Crippen LogP contribution in [0.2, 0.25) is 0 Å². The highest BCUT2D eigenvalue weighted by molar-refractivity contribution is 6.59. The van der Waals surface area contributed by atoms with E-state index < -0.39 is 7.12 Å². The molecular weight excluding hydrogens is 273 g/mol. The van der Waals surface area contributed by atoms with Gasteiger partial charge >= 0.3 is 7.12 Å². The molecule has 4 heteroatoms. The molecule has 0 amide bonds. The Bertz CT molecular complexity index is 1050. The van der Waals surface area contributed by atoms with E-state index in [0.717, 1.165) is 38.4 Å². The molecule has 2 heterocycles. The SMILES string of the molecule is C=Cc1c(C=C)n2c3ccccc3c3cc(B(O)O)cc1c32. The highest BCUT2D eigenvalue weighted by Crippen LogP contribution is 2.37.